The maximum Gasteiger partial charge on any atom is 0.235 e. The number of hydrogen-bond acceptors (Lipinski definition) is 9. The molecule has 0 radical (unpaired) electrons. The summed E-state index contributed by atoms with van der Waals surface area (Å²) in [6.45, 7) is 0.536. The molecule has 9 heteroatoms. The summed E-state index contributed by atoms with van der Waals surface area (Å²) in [5.41, 5.74) is 3.31. The molecule has 190 valence electrons. The number of para-hydroxylation sites is 1. The fraction of sp³-hybridized carbons (Fsp3) is 0.172. The van der Waals surface area contributed by atoms with Crippen LogP contribution < -0.4 is 14.5 Å². The predicted molar refractivity (Wildman–Crippen MR) is 140 cm³/mol. The average Bonchev–Trinajstić information content (AvgIpc) is 3.62. The third kappa shape index (κ3) is 3.80. The van der Waals surface area contributed by atoms with Gasteiger partial charge in [-0.2, -0.15) is 0 Å². The molecule has 1 aromatic heterocycles. The van der Waals surface area contributed by atoms with E-state index in [0.717, 1.165) is 16.8 Å². The molecular formula is C29H24N4O5. The van der Waals surface area contributed by atoms with Crippen molar-refractivity contribution < 1.29 is 23.6 Å². The number of amidine groups is 1. The summed E-state index contributed by atoms with van der Waals surface area (Å²) in [7, 11) is 3.20. The first-order chi connectivity index (χ1) is 18.6. The van der Waals surface area contributed by atoms with Gasteiger partial charge in [0.05, 0.1) is 25.5 Å². The Balaban J connectivity index is 1.43. The summed E-state index contributed by atoms with van der Waals surface area (Å²) in [4.78, 5) is 29.0. The molecular weight excluding hydrogens is 484 g/mol. The number of hydrogen-bond donors (Lipinski definition) is 0. The quantitative estimate of drug-likeness (QED) is 0.337. The minimum atomic E-state index is -0.433. The molecule has 3 heterocycles. The molecule has 2 aliphatic rings. The SMILES string of the molecule is COc1cc2c(cc1OC)C1N(CC2)C(C(=O)c2conc2C(=O)c2ccccc2)=NN1c1ccccc1. The summed E-state index contributed by atoms with van der Waals surface area (Å²) < 4.78 is 16.2. The molecule has 1 atom stereocenters. The van der Waals surface area contributed by atoms with E-state index in [0.29, 0.717) is 30.0 Å². The highest BCUT2D eigenvalue weighted by Crippen LogP contribution is 2.44. The maximum absolute atomic E-state index is 13.9. The van der Waals surface area contributed by atoms with Crippen LogP contribution in [0.4, 0.5) is 5.69 Å². The molecule has 38 heavy (non-hydrogen) atoms. The van der Waals surface area contributed by atoms with E-state index in [2.05, 4.69) is 5.16 Å². The second-order valence-electron chi connectivity index (χ2n) is 8.93. The van der Waals surface area contributed by atoms with Gasteiger partial charge < -0.3 is 18.9 Å². The first-order valence-corrected chi connectivity index (χ1v) is 12.1. The molecule has 0 N–H and O–H groups in total. The Morgan fingerprint density at radius 3 is 2.32 bits per heavy atom. The van der Waals surface area contributed by atoms with Crippen molar-refractivity contribution in [2.45, 2.75) is 12.6 Å². The number of ketones is 2. The number of rotatable bonds is 7. The number of carbonyl (C=O) groups is 2. The zero-order chi connectivity index (χ0) is 26.2. The van der Waals surface area contributed by atoms with Gasteiger partial charge in [-0.15, -0.1) is 5.10 Å². The zero-order valence-electron chi connectivity index (χ0n) is 20.8. The van der Waals surface area contributed by atoms with Gasteiger partial charge >= 0.3 is 0 Å². The number of ether oxygens (including phenoxy) is 2. The fourth-order valence-corrected chi connectivity index (χ4v) is 4.99. The zero-order valence-corrected chi connectivity index (χ0v) is 20.8. The molecule has 2 aliphatic heterocycles. The van der Waals surface area contributed by atoms with E-state index in [1.807, 2.05) is 58.4 Å². The highest BCUT2D eigenvalue weighted by Gasteiger charge is 2.44. The summed E-state index contributed by atoms with van der Waals surface area (Å²) in [6.07, 6.45) is 1.49. The molecule has 6 rings (SSSR count). The second kappa shape index (κ2) is 9.51. The van der Waals surface area contributed by atoms with Gasteiger partial charge in [0.25, 0.3) is 0 Å². The van der Waals surface area contributed by atoms with E-state index in [9.17, 15) is 9.59 Å². The minimum absolute atomic E-state index is 0.0394. The van der Waals surface area contributed by atoms with Crippen molar-refractivity contribution in [2.24, 2.45) is 5.10 Å². The first-order valence-electron chi connectivity index (χ1n) is 12.1. The van der Waals surface area contributed by atoms with Crippen LogP contribution in [0.25, 0.3) is 0 Å². The number of methoxy groups -OCH3 is 2. The van der Waals surface area contributed by atoms with Crippen molar-refractivity contribution in [2.75, 3.05) is 25.8 Å². The van der Waals surface area contributed by atoms with Crippen molar-refractivity contribution >= 4 is 23.1 Å². The van der Waals surface area contributed by atoms with E-state index in [-0.39, 0.29) is 17.1 Å². The molecule has 1 unspecified atom stereocenters. The van der Waals surface area contributed by atoms with E-state index >= 15 is 0 Å². The maximum atomic E-state index is 13.9. The number of fused-ring (bicyclic) bond motifs is 3. The van der Waals surface area contributed by atoms with E-state index in [4.69, 9.17) is 19.1 Å². The van der Waals surface area contributed by atoms with Gasteiger partial charge in [-0.1, -0.05) is 53.7 Å². The van der Waals surface area contributed by atoms with Crippen LogP contribution in [0.15, 0.2) is 88.7 Å². The Labute approximate surface area is 218 Å². The van der Waals surface area contributed by atoms with Crippen molar-refractivity contribution in [3.05, 3.63) is 107 Å². The number of anilines is 1. The summed E-state index contributed by atoms with van der Waals surface area (Å²) >= 11 is 0. The van der Waals surface area contributed by atoms with Crippen LogP contribution in [0, 0.1) is 0 Å². The Bertz CT molecular complexity index is 1550. The van der Waals surface area contributed by atoms with Gasteiger partial charge in [-0.05, 0) is 36.2 Å². The molecule has 0 saturated carbocycles. The molecule has 0 saturated heterocycles. The lowest BCUT2D eigenvalue weighted by Crippen LogP contribution is -2.43. The standard InChI is InChI=1S/C29H24N4O5/c1-36-23-15-19-13-14-32-28(27(35)22-17-38-31-25(22)26(34)18-9-5-3-6-10-18)30-33(20-11-7-4-8-12-20)29(32)21(19)16-24(23)37-2/h3-12,15-17,29H,13-14H2,1-2H3. The van der Waals surface area contributed by atoms with Crippen molar-refractivity contribution in [3.63, 3.8) is 0 Å². The fourth-order valence-electron chi connectivity index (χ4n) is 4.99. The van der Waals surface area contributed by atoms with E-state index in [1.54, 1.807) is 38.5 Å². The lowest BCUT2D eigenvalue weighted by molar-refractivity contribution is 0.100. The van der Waals surface area contributed by atoms with Gasteiger partial charge in [0.15, 0.2) is 29.2 Å². The lowest BCUT2D eigenvalue weighted by Gasteiger charge is -2.37. The third-order valence-electron chi connectivity index (χ3n) is 6.84. The van der Waals surface area contributed by atoms with Crippen LogP contribution in [0.5, 0.6) is 11.5 Å². The molecule has 0 amide bonds. The van der Waals surface area contributed by atoms with Gasteiger partial charge in [0, 0.05) is 17.7 Å². The van der Waals surface area contributed by atoms with Crippen molar-refractivity contribution in [3.8, 4) is 11.5 Å². The van der Waals surface area contributed by atoms with Gasteiger partial charge in [-0.3, -0.25) is 9.59 Å². The number of benzene rings is 3. The van der Waals surface area contributed by atoms with Crippen LogP contribution in [-0.4, -0.2) is 48.2 Å². The smallest absolute Gasteiger partial charge is 0.235 e. The normalized spacial score (nSPS) is 15.9. The number of carbonyl (C=O) groups excluding carboxylic acids is 2. The summed E-state index contributed by atoms with van der Waals surface area (Å²) in [6, 6.07) is 22.2. The molecule has 9 nitrogen and oxygen atoms in total. The Hall–Kier alpha value is -4.92. The van der Waals surface area contributed by atoms with Crippen LogP contribution in [0.2, 0.25) is 0 Å². The molecule has 0 bridgehead atoms. The monoisotopic (exact) mass is 508 g/mol. The van der Waals surface area contributed by atoms with Gasteiger partial charge in [0.1, 0.15) is 6.26 Å². The largest absolute Gasteiger partial charge is 0.493 e. The molecule has 3 aromatic carbocycles. The molecule has 0 fully saturated rings. The van der Waals surface area contributed by atoms with E-state index in [1.165, 1.54) is 6.26 Å². The van der Waals surface area contributed by atoms with Crippen molar-refractivity contribution in [1.82, 2.24) is 10.1 Å². The number of aromatic nitrogens is 1. The minimum Gasteiger partial charge on any atom is -0.493 e. The molecule has 0 aliphatic carbocycles. The molecule has 0 spiro atoms. The van der Waals surface area contributed by atoms with Crippen molar-refractivity contribution in [1.29, 1.82) is 0 Å². The van der Waals surface area contributed by atoms with Crippen LogP contribution >= 0.6 is 0 Å². The topological polar surface area (TPSA) is 97.5 Å². The predicted octanol–water partition coefficient (Wildman–Crippen LogP) is 4.50. The third-order valence-corrected chi connectivity index (χ3v) is 6.84. The highest BCUT2D eigenvalue weighted by atomic mass is 16.5. The second-order valence-corrected chi connectivity index (χ2v) is 8.93. The summed E-state index contributed by atoms with van der Waals surface area (Å²) in [5.74, 6) is 0.631. The van der Waals surface area contributed by atoms with Crippen LogP contribution in [-0.2, 0) is 6.42 Å². The highest BCUT2D eigenvalue weighted by molar-refractivity contribution is 6.46. The number of nitrogens with zero attached hydrogens (tertiary/aromatic N) is 4. The first kappa shape index (κ1) is 23.5. The summed E-state index contributed by atoms with van der Waals surface area (Å²) in [5, 5.41) is 10.5. The number of hydrazone groups is 1. The average molecular weight is 509 g/mol. The molecule has 4 aromatic rings. The van der Waals surface area contributed by atoms with Gasteiger partial charge in [-0.25, -0.2) is 5.01 Å². The van der Waals surface area contributed by atoms with Gasteiger partial charge in [0.2, 0.25) is 11.6 Å². The van der Waals surface area contributed by atoms with E-state index < -0.39 is 17.7 Å². The number of Topliss-reactive ketones (excluding diaryl/α,β-unsaturated/α-hetero) is 1. The Morgan fingerprint density at radius 1 is 0.921 bits per heavy atom. The lowest BCUT2D eigenvalue weighted by atomic mass is 9.94. The van der Waals surface area contributed by atoms with Crippen LogP contribution in [0.1, 0.15) is 43.7 Å². The Kier molecular flexibility index (Phi) is 5.88. The Morgan fingerprint density at radius 2 is 1.61 bits per heavy atom. The van der Waals surface area contributed by atoms with Crippen LogP contribution in [0.3, 0.4) is 0 Å².